The Balaban J connectivity index is 2.26. The van der Waals surface area contributed by atoms with Crippen LogP contribution in [0.15, 0.2) is 18.2 Å². The van der Waals surface area contributed by atoms with Crippen LogP contribution in [0.1, 0.15) is 23.7 Å². The second-order valence-corrected chi connectivity index (χ2v) is 4.88. The van der Waals surface area contributed by atoms with Gasteiger partial charge in [-0.05, 0) is 24.5 Å². The highest BCUT2D eigenvalue weighted by Crippen LogP contribution is 2.26. The molecule has 1 aromatic rings. The van der Waals surface area contributed by atoms with Crippen molar-refractivity contribution in [2.45, 2.75) is 13.3 Å². The van der Waals surface area contributed by atoms with Gasteiger partial charge >= 0.3 is 0 Å². The number of benzene rings is 1. The average Bonchev–Trinajstić information content (AvgIpc) is 2.83. The van der Waals surface area contributed by atoms with Crippen molar-refractivity contribution in [3.8, 4) is 0 Å². The van der Waals surface area contributed by atoms with Crippen molar-refractivity contribution in [3.05, 3.63) is 33.9 Å². The van der Waals surface area contributed by atoms with Crippen LogP contribution in [0.3, 0.4) is 0 Å². The Morgan fingerprint density at radius 2 is 2.26 bits per heavy atom. The fourth-order valence-corrected chi connectivity index (χ4v) is 2.33. The van der Waals surface area contributed by atoms with Gasteiger partial charge in [0.25, 0.3) is 11.6 Å². The summed E-state index contributed by atoms with van der Waals surface area (Å²) in [5.74, 6) is 0.460. The van der Waals surface area contributed by atoms with Gasteiger partial charge < -0.3 is 10.2 Å². The molecule has 0 radical (unpaired) electrons. The molecule has 1 unspecified atom stereocenters. The maximum atomic E-state index is 12.3. The minimum atomic E-state index is -0.460. The van der Waals surface area contributed by atoms with E-state index in [0.29, 0.717) is 17.2 Å². The van der Waals surface area contributed by atoms with E-state index in [-0.39, 0.29) is 11.6 Å². The summed E-state index contributed by atoms with van der Waals surface area (Å²) >= 11 is 0. The molecule has 1 aliphatic rings. The minimum Gasteiger partial charge on any atom is -0.383 e. The van der Waals surface area contributed by atoms with Crippen LogP contribution in [-0.2, 0) is 0 Å². The Morgan fingerprint density at radius 3 is 2.79 bits per heavy atom. The largest absolute Gasteiger partial charge is 0.383 e. The number of nitro groups is 1. The summed E-state index contributed by atoms with van der Waals surface area (Å²) in [6.45, 7) is 3.62. The maximum absolute atomic E-state index is 12.3. The summed E-state index contributed by atoms with van der Waals surface area (Å²) < 4.78 is 0. The molecule has 1 fully saturated rings. The fourth-order valence-electron chi connectivity index (χ4n) is 2.33. The number of nitrogens with zero attached hydrogens (tertiary/aromatic N) is 2. The third-order valence-electron chi connectivity index (χ3n) is 3.42. The first kappa shape index (κ1) is 13.3. The van der Waals surface area contributed by atoms with Crippen LogP contribution < -0.4 is 5.32 Å². The summed E-state index contributed by atoms with van der Waals surface area (Å²) in [5, 5.41) is 13.6. The molecule has 0 bridgehead atoms. The lowest BCUT2D eigenvalue weighted by atomic mass is 10.1. The van der Waals surface area contributed by atoms with E-state index in [4.69, 9.17) is 0 Å². The van der Waals surface area contributed by atoms with Gasteiger partial charge in [-0.3, -0.25) is 14.9 Å². The third kappa shape index (κ3) is 2.67. The number of rotatable bonds is 3. The lowest BCUT2D eigenvalue weighted by Crippen LogP contribution is -2.28. The molecule has 0 spiro atoms. The van der Waals surface area contributed by atoms with Gasteiger partial charge in [0.15, 0.2) is 0 Å². The molecular weight excluding hydrogens is 246 g/mol. The van der Waals surface area contributed by atoms with E-state index in [1.54, 1.807) is 18.0 Å². The first-order valence-corrected chi connectivity index (χ1v) is 6.28. The smallest absolute Gasteiger partial charge is 0.292 e. The predicted molar refractivity (Wildman–Crippen MR) is 72.3 cm³/mol. The molecule has 0 aromatic heterocycles. The highest BCUT2D eigenvalue weighted by molar-refractivity contribution is 5.96. The van der Waals surface area contributed by atoms with Gasteiger partial charge in [-0.15, -0.1) is 0 Å². The Bertz CT molecular complexity index is 516. The Labute approximate surface area is 111 Å². The van der Waals surface area contributed by atoms with Crippen LogP contribution in [-0.4, -0.2) is 35.9 Å². The molecule has 19 heavy (non-hydrogen) atoms. The molecule has 1 amide bonds. The van der Waals surface area contributed by atoms with E-state index >= 15 is 0 Å². The minimum absolute atomic E-state index is 0.0196. The van der Waals surface area contributed by atoms with Crippen LogP contribution in [0.2, 0.25) is 0 Å². The molecule has 1 N–H and O–H groups in total. The molecule has 1 aliphatic heterocycles. The van der Waals surface area contributed by atoms with Crippen molar-refractivity contribution < 1.29 is 9.72 Å². The number of carbonyl (C=O) groups excluding carboxylic acids is 1. The molecule has 6 heteroatoms. The van der Waals surface area contributed by atoms with Gasteiger partial charge in [0.2, 0.25) is 0 Å². The topological polar surface area (TPSA) is 75.5 Å². The van der Waals surface area contributed by atoms with Crippen LogP contribution in [0.5, 0.6) is 0 Å². The number of anilines is 1. The lowest BCUT2D eigenvalue weighted by Gasteiger charge is -2.16. The molecule has 1 heterocycles. The van der Waals surface area contributed by atoms with Crippen molar-refractivity contribution in [2.24, 2.45) is 5.92 Å². The monoisotopic (exact) mass is 263 g/mol. The number of likely N-dealkylation sites (tertiary alicyclic amines) is 1. The van der Waals surface area contributed by atoms with Gasteiger partial charge in [0.05, 0.1) is 4.92 Å². The highest BCUT2D eigenvalue weighted by atomic mass is 16.6. The van der Waals surface area contributed by atoms with E-state index in [1.165, 1.54) is 12.1 Å². The van der Waals surface area contributed by atoms with E-state index in [2.05, 4.69) is 12.2 Å². The first-order valence-electron chi connectivity index (χ1n) is 6.28. The molecular formula is C13H17N3O3. The number of carbonyl (C=O) groups is 1. The number of hydrogen-bond acceptors (Lipinski definition) is 4. The van der Waals surface area contributed by atoms with E-state index in [1.807, 2.05) is 0 Å². The second kappa shape index (κ2) is 5.26. The Kier molecular flexibility index (Phi) is 3.69. The van der Waals surface area contributed by atoms with Crippen molar-refractivity contribution in [1.29, 1.82) is 0 Å². The molecule has 0 aliphatic carbocycles. The van der Waals surface area contributed by atoms with Crippen LogP contribution in [0.4, 0.5) is 11.4 Å². The van der Waals surface area contributed by atoms with Gasteiger partial charge in [0, 0.05) is 31.8 Å². The van der Waals surface area contributed by atoms with Crippen LogP contribution >= 0.6 is 0 Å². The van der Waals surface area contributed by atoms with Crippen molar-refractivity contribution in [3.63, 3.8) is 0 Å². The van der Waals surface area contributed by atoms with Crippen molar-refractivity contribution in [2.75, 3.05) is 25.5 Å². The summed E-state index contributed by atoms with van der Waals surface area (Å²) in [7, 11) is 1.61. The van der Waals surface area contributed by atoms with Gasteiger partial charge in [-0.1, -0.05) is 6.92 Å². The summed E-state index contributed by atoms with van der Waals surface area (Å²) in [4.78, 5) is 24.4. The Hall–Kier alpha value is -2.11. The van der Waals surface area contributed by atoms with Gasteiger partial charge in [0.1, 0.15) is 5.69 Å². The zero-order valence-corrected chi connectivity index (χ0v) is 11.0. The van der Waals surface area contributed by atoms with E-state index in [9.17, 15) is 14.9 Å². The molecule has 6 nitrogen and oxygen atoms in total. The van der Waals surface area contributed by atoms with Crippen LogP contribution in [0.25, 0.3) is 0 Å². The van der Waals surface area contributed by atoms with Crippen LogP contribution in [0, 0.1) is 16.0 Å². The molecule has 1 saturated heterocycles. The molecule has 102 valence electrons. The SMILES string of the molecule is CNc1cc(C(=O)N2CCC(C)C2)ccc1[N+](=O)[O-]. The summed E-state index contributed by atoms with van der Waals surface area (Å²) in [6.07, 6.45) is 1.01. The maximum Gasteiger partial charge on any atom is 0.292 e. The number of amides is 1. The molecule has 0 saturated carbocycles. The quantitative estimate of drug-likeness (QED) is 0.669. The number of nitro benzene ring substituents is 1. The summed E-state index contributed by atoms with van der Waals surface area (Å²) in [5.41, 5.74) is 0.834. The van der Waals surface area contributed by atoms with E-state index < -0.39 is 4.92 Å². The van der Waals surface area contributed by atoms with Crippen molar-refractivity contribution in [1.82, 2.24) is 4.90 Å². The molecule has 2 rings (SSSR count). The fraction of sp³-hybridized carbons (Fsp3) is 0.462. The zero-order valence-electron chi connectivity index (χ0n) is 11.0. The standard InChI is InChI=1S/C13H17N3O3/c1-9-5-6-15(8-9)13(17)10-3-4-12(16(18)19)11(7-10)14-2/h3-4,7,9,14H,5-6,8H2,1-2H3. The third-order valence-corrected chi connectivity index (χ3v) is 3.42. The van der Waals surface area contributed by atoms with E-state index in [0.717, 1.165) is 19.5 Å². The molecule has 1 atom stereocenters. The Morgan fingerprint density at radius 1 is 1.53 bits per heavy atom. The molecule has 1 aromatic carbocycles. The van der Waals surface area contributed by atoms with Gasteiger partial charge in [-0.2, -0.15) is 0 Å². The van der Waals surface area contributed by atoms with Crippen molar-refractivity contribution >= 4 is 17.3 Å². The lowest BCUT2D eigenvalue weighted by molar-refractivity contribution is -0.383. The second-order valence-electron chi connectivity index (χ2n) is 4.88. The first-order chi connectivity index (χ1) is 9.02. The average molecular weight is 263 g/mol. The summed E-state index contributed by atoms with van der Waals surface area (Å²) in [6, 6.07) is 4.44. The predicted octanol–water partition coefficient (Wildman–Crippen LogP) is 2.12. The highest BCUT2D eigenvalue weighted by Gasteiger charge is 2.25. The van der Waals surface area contributed by atoms with Gasteiger partial charge in [-0.25, -0.2) is 0 Å². The number of hydrogen-bond donors (Lipinski definition) is 1. The zero-order chi connectivity index (χ0) is 14.0. The normalized spacial score (nSPS) is 18.4. The number of nitrogens with one attached hydrogen (secondary N) is 1.